The molecule has 0 spiro atoms. The molecule has 0 unspecified atom stereocenters. The van der Waals surface area contributed by atoms with E-state index in [1.165, 1.54) is 13.2 Å². The number of benzene rings is 1. The van der Waals surface area contributed by atoms with Gasteiger partial charge in [0.1, 0.15) is 12.1 Å². The lowest BCUT2D eigenvalue weighted by Gasteiger charge is -2.26. The zero-order valence-corrected chi connectivity index (χ0v) is 19.5. The molecule has 2 rings (SSSR count). The van der Waals surface area contributed by atoms with Gasteiger partial charge in [0, 0.05) is 12.1 Å². The van der Waals surface area contributed by atoms with Crippen LogP contribution in [0.1, 0.15) is 58.9 Å². The predicted octanol–water partition coefficient (Wildman–Crippen LogP) is 3.83. The summed E-state index contributed by atoms with van der Waals surface area (Å²) in [5.41, 5.74) is 0.0628. The summed E-state index contributed by atoms with van der Waals surface area (Å²) in [4.78, 5) is 35.9. The molecule has 1 saturated carbocycles. The Balaban J connectivity index is 1.88. The van der Waals surface area contributed by atoms with E-state index in [-0.39, 0.29) is 24.2 Å². The van der Waals surface area contributed by atoms with Crippen LogP contribution in [0.25, 0.3) is 6.08 Å². The van der Waals surface area contributed by atoms with Crippen molar-refractivity contribution in [1.29, 1.82) is 0 Å². The molecular weight excluding hydrogens is 412 g/mol. The fraction of sp³-hybridized carbons (Fsp3) is 0.542. The molecule has 1 aliphatic rings. The van der Waals surface area contributed by atoms with Gasteiger partial charge in [-0.2, -0.15) is 0 Å². The Morgan fingerprint density at radius 1 is 1.09 bits per heavy atom. The van der Waals surface area contributed by atoms with Crippen LogP contribution < -0.4 is 20.1 Å². The quantitative estimate of drug-likeness (QED) is 0.375. The summed E-state index contributed by atoms with van der Waals surface area (Å²) in [5, 5.41) is 5.39. The van der Waals surface area contributed by atoms with E-state index in [1.54, 1.807) is 45.0 Å². The van der Waals surface area contributed by atoms with Crippen LogP contribution in [0, 0.1) is 5.92 Å². The standard InChI is InChI=1S/C24H34N2O6/c1-16-6-10-18(11-7-16)26-21(27)13-9-17-8-12-19(20(14-17)30-5)31-22(28)15-25-23(29)32-24(2,3)4/h8-9,12-14,16,18H,6-7,10-11,15H2,1-5H3,(H,25,29)(H,26,27). The van der Waals surface area contributed by atoms with Crippen molar-refractivity contribution in [3.05, 3.63) is 29.8 Å². The second-order valence-corrected chi connectivity index (χ2v) is 9.04. The second kappa shape index (κ2) is 11.5. The molecule has 176 valence electrons. The Bertz CT molecular complexity index is 835. The third-order valence-corrected chi connectivity index (χ3v) is 4.98. The van der Waals surface area contributed by atoms with Crippen LogP contribution >= 0.6 is 0 Å². The van der Waals surface area contributed by atoms with Gasteiger partial charge in [-0.3, -0.25) is 4.79 Å². The maximum Gasteiger partial charge on any atom is 0.408 e. The van der Waals surface area contributed by atoms with Crippen molar-refractivity contribution < 1.29 is 28.6 Å². The molecule has 0 heterocycles. The summed E-state index contributed by atoms with van der Waals surface area (Å²) >= 11 is 0. The first-order valence-electron chi connectivity index (χ1n) is 10.9. The number of methoxy groups -OCH3 is 1. The lowest BCUT2D eigenvalue weighted by atomic mass is 9.87. The van der Waals surface area contributed by atoms with E-state index in [9.17, 15) is 14.4 Å². The minimum atomic E-state index is -0.706. The number of esters is 1. The fourth-order valence-corrected chi connectivity index (χ4v) is 3.32. The van der Waals surface area contributed by atoms with Crippen molar-refractivity contribution >= 4 is 24.0 Å². The van der Waals surface area contributed by atoms with Crippen molar-refractivity contribution in [3.8, 4) is 11.5 Å². The highest BCUT2D eigenvalue weighted by atomic mass is 16.6. The van der Waals surface area contributed by atoms with Crippen molar-refractivity contribution in [2.24, 2.45) is 5.92 Å². The first-order valence-corrected chi connectivity index (χ1v) is 10.9. The van der Waals surface area contributed by atoms with Gasteiger partial charge in [0.25, 0.3) is 0 Å². The third-order valence-electron chi connectivity index (χ3n) is 4.98. The van der Waals surface area contributed by atoms with Crippen LogP contribution in [-0.2, 0) is 14.3 Å². The Kier molecular flexibility index (Phi) is 9.11. The first kappa shape index (κ1) is 25.2. The van der Waals surface area contributed by atoms with E-state index >= 15 is 0 Å². The molecule has 2 N–H and O–H groups in total. The molecule has 1 aromatic rings. The molecule has 0 aromatic heterocycles. The van der Waals surface area contributed by atoms with Crippen molar-refractivity contribution in [1.82, 2.24) is 10.6 Å². The van der Waals surface area contributed by atoms with Gasteiger partial charge in [-0.15, -0.1) is 0 Å². The van der Waals surface area contributed by atoms with Gasteiger partial charge in [0.2, 0.25) is 5.91 Å². The van der Waals surface area contributed by atoms with Gasteiger partial charge in [0.15, 0.2) is 11.5 Å². The normalized spacial score (nSPS) is 18.7. The lowest BCUT2D eigenvalue weighted by molar-refractivity contribution is -0.133. The number of hydrogen-bond donors (Lipinski definition) is 2. The molecule has 1 aliphatic carbocycles. The van der Waals surface area contributed by atoms with Crippen LogP contribution in [0.2, 0.25) is 0 Å². The lowest BCUT2D eigenvalue weighted by Crippen LogP contribution is -2.36. The molecule has 8 heteroatoms. The molecule has 8 nitrogen and oxygen atoms in total. The molecular formula is C24H34N2O6. The average molecular weight is 447 g/mol. The van der Waals surface area contributed by atoms with Gasteiger partial charge in [-0.25, -0.2) is 9.59 Å². The Hall–Kier alpha value is -3.03. The van der Waals surface area contributed by atoms with E-state index in [1.807, 2.05) is 0 Å². The number of alkyl carbamates (subject to hydrolysis) is 1. The van der Waals surface area contributed by atoms with Gasteiger partial charge in [-0.1, -0.05) is 13.0 Å². The van der Waals surface area contributed by atoms with Gasteiger partial charge < -0.3 is 24.8 Å². The van der Waals surface area contributed by atoms with E-state index < -0.39 is 17.7 Å². The number of ether oxygens (including phenoxy) is 3. The zero-order chi connectivity index (χ0) is 23.7. The van der Waals surface area contributed by atoms with Crippen LogP contribution in [0.3, 0.4) is 0 Å². The minimum Gasteiger partial charge on any atom is -0.493 e. The number of amides is 2. The van der Waals surface area contributed by atoms with E-state index in [2.05, 4.69) is 17.6 Å². The van der Waals surface area contributed by atoms with Crippen LogP contribution in [0.5, 0.6) is 11.5 Å². The number of nitrogens with one attached hydrogen (secondary N) is 2. The highest BCUT2D eigenvalue weighted by Crippen LogP contribution is 2.29. The van der Waals surface area contributed by atoms with E-state index in [0.29, 0.717) is 5.75 Å². The van der Waals surface area contributed by atoms with E-state index in [0.717, 1.165) is 37.2 Å². The summed E-state index contributed by atoms with van der Waals surface area (Å²) in [6, 6.07) is 5.17. The predicted molar refractivity (Wildman–Crippen MR) is 121 cm³/mol. The molecule has 32 heavy (non-hydrogen) atoms. The highest BCUT2D eigenvalue weighted by Gasteiger charge is 2.19. The molecule has 0 aliphatic heterocycles. The topological polar surface area (TPSA) is 103 Å². The molecule has 0 saturated heterocycles. The van der Waals surface area contributed by atoms with Gasteiger partial charge in [-0.05, 0) is 76.1 Å². The van der Waals surface area contributed by atoms with E-state index in [4.69, 9.17) is 14.2 Å². The molecule has 0 radical (unpaired) electrons. The number of hydrogen-bond acceptors (Lipinski definition) is 6. The summed E-state index contributed by atoms with van der Waals surface area (Å²) in [5.74, 6) is 0.471. The van der Waals surface area contributed by atoms with Crippen LogP contribution in [0.15, 0.2) is 24.3 Å². The van der Waals surface area contributed by atoms with Gasteiger partial charge in [0.05, 0.1) is 7.11 Å². The maximum absolute atomic E-state index is 12.2. The average Bonchev–Trinajstić information content (AvgIpc) is 2.72. The Morgan fingerprint density at radius 3 is 2.41 bits per heavy atom. The second-order valence-electron chi connectivity index (χ2n) is 9.04. The highest BCUT2D eigenvalue weighted by molar-refractivity contribution is 5.92. The third kappa shape index (κ3) is 8.99. The Morgan fingerprint density at radius 2 is 1.78 bits per heavy atom. The number of rotatable bonds is 7. The first-order chi connectivity index (χ1) is 15.1. The zero-order valence-electron chi connectivity index (χ0n) is 19.5. The summed E-state index contributed by atoms with van der Waals surface area (Å²) in [7, 11) is 1.45. The number of carbonyl (C=O) groups is 3. The number of carbonyl (C=O) groups excluding carboxylic acids is 3. The monoisotopic (exact) mass is 446 g/mol. The largest absolute Gasteiger partial charge is 0.493 e. The van der Waals surface area contributed by atoms with Crippen molar-refractivity contribution in [2.75, 3.05) is 13.7 Å². The summed E-state index contributed by atoms with van der Waals surface area (Å²) in [6.07, 6.45) is 6.76. The van der Waals surface area contributed by atoms with Crippen molar-refractivity contribution in [2.45, 2.75) is 65.0 Å². The minimum absolute atomic E-state index is 0.132. The van der Waals surface area contributed by atoms with Crippen LogP contribution in [0.4, 0.5) is 4.79 Å². The summed E-state index contributed by atoms with van der Waals surface area (Å²) < 4.78 is 15.6. The molecule has 2 amide bonds. The van der Waals surface area contributed by atoms with Crippen LogP contribution in [-0.4, -0.2) is 43.3 Å². The van der Waals surface area contributed by atoms with Gasteiger partial charge >= 0.3 is 12.1 Å². The maximum atomic E-state index is 12.2. The molecule has 0 atom stereocenters. The summed E-state index contributed by atoms with van der Waals surface area (Å²) in [6.45, 7) is 7.08. The molecule has 1 aromatic carbocycles. The SMILES string of the molecule is COc1cc(C=CC(=O)NC2CCC(C)CC2)ccc1OC(=O)CNC(=O)OC(C)(C)C. The molecule has 1 fully saturated rings. The fourth-order valence-electron chi connectivity index (χ4n) is 3.32. The van der Waals surface area contributed by atoms with Crippen molar-refractivity contribution in [3.63, 3.8) is 0 Å². The Labute approximate surface area is 189 Å². The smallest absolute Gasteiger partial charge is 0.408 e. The molecule has 0 bridgehead atoms.